The molecule has 1 unspecified atom stereocenters. The molecule has 1 aliphatic carbocycles. The maximum Gasteiger partial charge on any atom is 0.275 e. The molecule has 0 aliphatic heterocycles. The summed E-state index contributed by atoms with van der Waals surface area (Å²) in [5, 5.41) is 0. The van der Waals surface area contributed by atoms with Gasteiger partial charge >= 0.3 is 0 Å². The summed E-state index contributed by atoms with van der Waals surface area (Å²) in [6, 6.07) is 0. The second kappa shape index (κ2) is 6.26. The molecule has 0 aromatic carbocycles. The number of fused-ring (bicyclic) bond motifs is 1. The molecule has 1 aromatic rings. The molecule has 0 fully saturated rings. The third kappa shape index (κ3) is 2.54. The Morgan fingerprint density at radius 1 is 1.17 bits per heavy atom. The van der Waals surface area contributed by atoms with Gasteiger partial charge < -0.3 is 0 Å². The third-order valence-electron chi connectivity index (χ3n) is 4.84. The van der Waals surface area contributed by atoms with Crippen molar-refractivity contribution in [1.29, 1.82) is 0 Å². The van der Waals surface area contributed by atoms with E-state index in [0.717, 1.165) is 22.5 Å². The minimum atomic E-state index is -4.36. The standard InChI is InChI=1S/C18H24N2O3S/c1-7-10-18(9-3,24(21,22)23)15-11(4)16-17(14(15)8-2)20-13(6)12(5)19-16/h7-8H,1,9-10H2,2-6H3,(H,21,22,23)/b14-8+. The zero-order valence-corrected chi connectivity index (χ0v) is 15.7. The molecule has 0 saturated heterocycles. The minimum Gasteiger partial charge on any atom is -0.285 e. The molecule has 1 aromatic heterocycles. The fourth-order valence-electron chi connectivity index (χ4n) is 3.43. The molecule has 0 bridgehead atoms. The van der Waals surface area contributed by atoms with Gasteiger partial charge in [-0.1, -0.05) is 19.1 Å². The second-order valence-electron chi connectivity index (χ2n) is 6.11. The summed E-state index contributed by atoms with van der Waals surface area (Å²) >= 11 is 0. The van der Waals surface area contributed by atoms with Gasteiger partial charge in [0.05, 0.1) is 22.8 Å². The van der Waals surface area contributed by atoms with Gasteiger partial charge in [-0.25, -0.2) is 9.97 Å². The van der Waals surface area contributed by atoms with Crippen molar-refractivity contribution < 1.29 is 13.0 Å². The third-order valence-corrected chi connectivity index (χ3v) is 6.49. The second-order valence-corrected chi connectivity index (χ2v) is 7.84. The molecule has 1 N–H and O–H groups in total. The molecule has 0 spiro atoms. The smallest absolute Gasteiger partial charge is 0.275 e. The Balaban J connectivity index is 2.89. The summed E-state index contributed by atoms with van der Waals surface area (Å²) in [4.78, 5) is 9.23. The molecule has 0 amide bonds. The summed E-state index contributed by atoms with van der Waals surface area (Å²) in [5.74, 6) is 0. The van der Waals surface area contributed by atoms with Gasteiger partial charge in [0, 0.05) is 5.57 Å². The van der Waals surface area contributed by atoms with Crippen molar-refractivity contribution >= 4 is 21.3 Å². The van der Waals surface area contributed by atoms with Crippen LogP contribution in [0.1, 0.15) is 56.4 Å². The molecule has 6 heteroatoms. The molecular weight excluding hydrogens is 324 g/mol. The molecule has 0 radical (unpaired) electrons. The van der Waals surface area contributed by atoms with Crippen molar-refractivity contribution in [3.05, 3.63) is 47.1 Å². The number of nitrogens with zero attached hydrogens (tertiary/aromatic N) is 2. The van der Waals surface area contributed by atoms with Crippen molar-refractivity contribution in [3.8, 4) is 0 Å². The molecule has 2 rings (SSSR count). The van der Waals surface area contributed by atoms with Crippen LogP contribution in [0.15, 0.2) is 24.3 Å². The van der Waals surface area contributed by atoms with E-state index in [9.17, 15) is 13.0 Å². The van der Waals surface area contributed by atoms with Crippen molar-refractivity contribution in [1.82, 2.24) is 9.97 Å². The van der Waals surface area contributed by atoms with Gasteiger partial charge in [0.2, 0.25) is 0 Å². The van der Waals surface area contributed by atoms with Gasteiger partial charge in [-0.2, -0.15) is 8.42 Å². The number of rotatable bonds is 5. The molecular formula is C18H24N2O3S. The Kier molecular flexibility index (Phi) is 4.84. The van der Waals surface area contributed by atoms with Gasteiger partial charge in [-0.05, 0) is 51.7 Å². The lowest BCUT2D eigenvalue weighted by atomic mass is 9.86. The van der Waals surface area contributed by atoms with E-state index in [4.69, 9.17) is 0 Å². The number of hydrogen-bond donors (Lipinski definition) is 1. The van der Waals surface area contributed by atoms with Crippen LogP contribution < -0.4 is 0 Å². The van der Waals surface area contributed by atoms with Crippen molar-refractivity contribution in [3.63, 3.8) is 0 Å². The molecule has 5 nitrogen and oxygen atoms in total. The van der Waals surface area contributed by atoms with E-state index in [-0.39, 0.29) is 12.8 Å². The molecule has 1 aliphatic rings. The zero-order chi connectivity index (χ0) is 18.3. The van der Waals surface area contributed by atoms with E-state index < -0.39 is 14.9 Å². The largest absolute Gasteiger partial charge is 0.285 e. The lowest BCUT2D eigenvalue weighted by molar-refractivity contribution is 0.438. The lowest BCUT2D eigenvalue weighted by Gasteiger charge is -2.31. The maximum absolute atomic E-state index is 12.4. The van der Waals surface area contributed by atoms with Gasteiger partial charge in [0.15, 0.2) is 0 Å². The topological polar surface area (TPSA) is 80.2 Å². The minimum absolute atomic E-state index is 0.123. The van der Waals surface area contributed by atoms with Crippen LogP contribution in [0.4, 0.5) is 0 Å². The van der Waals surface area contributed by atoms with Crippen molar-refractivity contribution in [2.24, 2.45) is 0 Å². The predicted molar refractivity (Wildman–Crippen MR) is 97.1 cm³/mol. The quantitative estimate of drug-likeness (QED) is 0.645. The monoisotopic (exact) mass is 348 g/mol. The van der Waals surface area contributed by atoms with Gasteiger partial charge in [-0.15, -0.1) is 6.58 Å². The van der Waals surface area contributed by atoms with Crippen LogP contribution in [0.2, 0.25) is 0 Å². The summed E-state index contributed by atoms with van der Waals surface area (Å²) in [7, 11) is -4.36. The first kappa shape index (κ1) is 18.5. The SMILES string of the molecule is C=CCC(CC)(C1=C(C)c2nc(C)c(C)nc2/C1=C/C)S(=O)(=O)O. The van der Waals surface area contributed by atoms with E-state index in [0.29, 0.717) is 17.0 Å². The zero-order valence-electron chi connectivity index (χ0n) is 14.8. The first-order chi connectivity index (χ1) is 11.1. The van der Waals surface area contributed by atoms with Crippen LogP contribution in [-0.2, 0) is 10.1 Å². The highest BCUT2D eigenvalue weighted by Crippen LogP contribution is 2.49. The first-order valence-corrected chi connectivity index (χ1v) is 9.40. The molecule has 24 heavy (non-hydrogen) atoms. The molecule has 1 heterocycles. The van der Waals surface area contributed by atoms with E-state index in [1.54, 1.807) is 6.92 Å². The molecule has 130 valence electrons. The van der Waals surface area contributed by atoms with E-state index >= 15 is 0 Å². The summed E-state index contributed by atoms with van der Waals surface area (Å²) in [6.07, 6.45) is 3.73. The summed E-state index contributed by atoms with van der Waals surface area (Å²) in [6.45, 7) is 12.9. The Hall–Kier alpha value is -1.79. The van der Waals surface area contributed by atoms with Crippen LogP contribution in [0.3, 0.4) is 0 Å². The van der Waals surface area contributed by atoms with Crippen molar-refractivity contribution in [2.75, 3.05) is 0 Å². The first-order valence-electron chi connectivity index (χ1n) is 7.96. The number of aromatic nitrogens is 2. The Labute approximate surface area is 144 Å². The molecule has 1 atom stereocenters. The van der Waals surface area contributed by atoms with Gasteiger partial charge in [-0.3, -0.25) is 4.55 Å². The highest BCUT2D eigenvalue weighted by Gasteiger charge is 2.49. The fraction of sp³-hybridized carbons (Fsp3) is 0.444. The Morgan fingerprint density at radius 2 is 1.71 bits per heavy atom. The highest BCUT2D eigenvalue weighted by atomic mass is 32.2. The van der Waals surface area contributed by atoms with Gasteiger partial charge in [0.1, 0.15) is 4.75 Å². The average molecular weight is 348 g/mol. The average Bonchev–Trinajstić information content (AvgIpc) is 2.76. The predicted octanol–water partition coefficient (Wildman–Crippen LogP) is 3.90. The lowest BCUT2D eigenvalue weighted by Crippen LogP contribution is -2.39. The van der Waals surface area contributed by atoms with Crippen LogP contribution >= 0.6 is 0 Å². The number of aryl methyl sites for hydroxylation is 2. The Morgan fingerprint density at radius 3 is 2.12 bits per heavy atom. The number of allylic oxidation sites excluding steroid dienone is 4. The fourth-order valence-corrected chi connectivity index (χ4v) is 4.65. The highest BCUT2D eigenvalue weighted by molar-refractivity contribution is 7.87. The van der Waals surface area contributed by atoms with E-state index in [2.05, 4.69) is 16.5 Å². The van der Waals surface area contributed by atoms with E-state index in [1.165, 1.54) is 6.08 Å². The summed E-state index contributed by atoms with van der Waals surface area (Å²) in [5.41, 5.74) is 5.03. The van der Waals surface area contributed by atoms with Crippen LogP contribution in [0.5, 0.6) is 0 Å². The number of hydrogen-bond acceptors (Lipinski definition) is 4. The molecule has 0 saturated carbocycles. The van der Waals surface area contributed by atoms with Crippen LogP contribution in [-0.4, -0.2) is 27.7 Å². The normalized spacial score (nSPS) is 18.7. The summed E-state index contributed by atoms with van der Waals surface area (Å²) < 4.78 is 33.3. The van der Waals surface area contributed by atoms with E-state index in [1.807, 2.05) is 33.8 Å². The van der Waals surface area contributed by atoms with Crippen LogP contribution in [0.25, 0.3) is 11.1 Å². The van der Waals surface area contributed by atoms with Crippen LogP contribution in [0, 0.1) is 13.8 Å². The van der Waals surface area contributed by atoms with Crippen molar-refractivity contribution in [2.45, 2.75) is 52.2 Å². The van der Waals surface area contributed by atoms with Gasteiger partial charge in [0.25, 0.3) is 10.1 Å². The Bertz CT molecular complexity index is 866. The maximum atomic E-state index is 12.4.